The molecule has 23 heavy (non-hydrogen) atoms. The van der Waals surface area contributed by atoms with Crippen LogP contribution in [0.25, 0.3) is 0 Å². The molecule has 1 amide bonds. The number of rotatable bonds is 5. The summed E-state index contributed by atoms with van der Waals surface area (Å²) in [7, 11) is 0. The topological polar surface area (TPSA) is 65.5 Å². The minimum absolute atomic E-state index is 0. The Morgan fingerprint density at radius 3 is 2.48 bits per heavy atom. The molecular formula is C17H35IN4O. The molecule has 1 saturated carbocycles. The van der Waals surface area contributed by atoms with Crippen LogP contribution in [0.3, 0.4) is 0 Å². The highest BCUT2D eigenvalue weighted by Gasteiger charge is 2.19. The molecule has 0 spiro atoms. The van der Waals surface area contributed by atoms with Crippen LogP contribution in [-0.2, 0) is 4.79 Å². The number of hydrogen-bond acceptors (Lipinski definition) is 2. The fourth-order valence-corrected chi connectivity index (χ4v) is 2.94. The molecule has 1 aliphatic carbocycles. The lowest BCUT2D eigenvalue weighted by atomic mass is 9.82. The van der Waals surface area contributed by atoms with Crippen LogP contribution in [0.15, 0.2) is 4.99 Å². The first kappa shape index (κ1) is 22.5. The third kappa shape index (κ3) is 10.8. The minimum Gasteiger partial charge on any atom is -0.357 e. The number of halogens is 1. The number of guanidine groups is 1. The highest BCUT2D eigenvalue weighted by Crippen LogP contribution is 2.27. The Balaban J connectivity index is 0.00000484. The van der Waals surface area contributed by atoms with E-state index in [4.69, 9.17) is 0 Å². The van der Waals surface area contributed by atoms with Crippen LogP contribution >= 0.6 is 24.0 Å². The number of amides is 1. The molecule has 1 fully saturated rings. The second-order valence-corrected chi connectivity index (χ2v) is 7.51. The van der Waals surface area contributed by atoms with Gasteiger partial charge in [-0.15, -0.1) is 24.0 Å². The Bertz CT molecular complexity index is 379. The molecule has 0 aromatic rings. The molecule has 0 bridgehead atoms. The Morgan fingerprint density at radius 1 is 1.22 bits per heavy atom. The highest BCUT2D eigenvalue weighted by atomic mass is 127. The van der Waals surface area contributed by atoms with Gasteiger partial charge < -0.3 is 16.0 Å². The van der Waals surface area contributed by atoms with Crippen molar-refractivity contribution >= 4 is 35.8 Å². The fourth-order valence-electron chi connectivity index (χ4n) is 2.94. The van der Waals surface area contributed by atoms with Crippen LogP contribution in [0.2, 0.25) is 0 Å². The molecular weight excluding hydrogens is 403 g/mol. The lowest BCUT2D eigenvalue weighted by Gasteiger charge is -2.27. The zero-order chi connectivity index (χ0) is 16.6. The van der Waals surface area contributed by atoms with Crippen molar-refractivity contribution in [3.8, 4) is 0 Å². The van der Waals surface area contributed by atoms with Crippen LogP contribution in [0.1, 0.15) is 60.3 Å². The maximum absolute atomic E-state index is 11.8. The average Bonchev–Trinajstić information content (AvgIpc) is 2.40. The second kappa shape index (κ2) is 11.1. The fraction of sp³-hybridized carbons (Fsp3) is 0.882. The van der Waals surface area contributed by atoms with E-state index in [0.717, 1.165) is 30.9 Å². The quantitative estimate of drug-likeness (QED) is 0.351. The second-order valence-electron chi connectivity index (χ2n) is 7.51. The largest absolute Gasteiger partial charge is 0.357 e. The van der Waals surface area contributed by atoms with Crippen molar-refractivity contribution < 1.29 is 4.79 Å². The van der Waals surface area contributed by atoms with Crippen molar-refractivity contribution in [2.45, 2.75) is 65.8 Å². The average molecular weight is 438 g/mol. The molecule has 136 valence electrons. The number of carbonyl (C=O) groups is 1. The number of nitrogens with zero attached hydrogens (tertiary/aromatic N) is 1. The summed E-state index contributed by atoms with van der Waals surface area (Å²) in [6.07, 6.45) is 5.27. The summed E-state index contributed by atoms with van der Waals surface area (Å²) in [6, 6.07) is 0. The van der Waals surface area contributed by atoms with Gasteiger partial charge in [0.15, 0.2) is 5.96 Å². The standard InChI is InChI=1S/C17H34N4O.HI/c1-6-18-16(20-12-15(22)21-17(3,4)5)19-11-14-9-7-8-13(2)10-14;/h13-14H,6-12H2,1-5H3,(H,21,22)(H2,18,19,20);1H. The van der Waals surface area contributed by atoms with Gasteiger partial charge in [-0.05, 0) is 52.4 Å². The number of nitrogens with one attached hydrogen (secondary N) is 3. The monoisotopic (exact) mass is 438 g/mol. The summed E-state index contributed by atoms with van der Waals surface area (Å²) in [5.41, 5.74) is -0.212. The molecule has 2 atom stereocenters. The third-order valence-corrected chi connectivity index (χ3v) is 3.84. The van der Waals surface area contributed by atoms with Crippen LogP contribution in [0, 0.1) is 11.8 Å². The maximum atomic E-state index is 11.8. The molecule has 3 N–H and O–H groups in total. The van der Waals surface area contributed by atoms with E-state index in [-0.39, 0.29) is 42.0 Å². The first-order chi connectivity index (χ1) is 10.3. The van der Waals surface area contributed by atoms with E-state index >= 15 is 0 Å². The molecule has 5 nitrogen and oxygen atoms in total. The lowest BCUT2D eigenvalue weighted by Crippen LogP contribution is -2.44. The van der Waals surface area contributed by atoms with Crippen LogP contribution < -0.4 is 16.0 Å². The van der Waals surface area contributed by atoms with Crippen molar-refractivity contribution in [3.05, 3.63) is 0 Å². The van der Waals surface area contributed by atoms with Crippen molar-refractivity contribution in [2.75, 3.05) is 19.6 Å². The van der Waals surface area contributed by atoms with Gasteiger partial charge in [0.2, 0.25) is 5.91 Å². The lowest BCUT2D eigenvalue weighted by molar-refractivity contribution is -0.121. The minimum atomic E-state index is -0.212. The molecule has 6 heteroatoms. The van der Waals surface area contributed by atoms with Gasteiger partial charge in [0.05, 0.1) is 0 Å². The number of hydrogen-bond donors (Lipinski definition) is 3. The van der Waals surface area contributed by atoms with Gasteiger partial charge in [-0.25, -0.2) is 4.99 Å². The van der Waals surface area contributed by atoms with Gasteiger partial charge in [0.1, 0.15) is 6.54 Å². The van der Waals surface area contributed by atoms with Crippen molar-refractivity contribution in [3.63, 3.8) is 0 Å². The van der Waals surface area contributed by atoms with E-state index in [1.807, 2.05) is 27.7 Å². The summed E-state index contributed by atoms with van der Waals surface area (Å²) in [4.78, 5) is 16.2. The van der Waals surface area contributed by atoms with Gasteiger partial charge in [-0.3, -0.25) is 4.79 Å². The summed E-state index contributed by atoms with van der Waals surface area (Å²) in [5.74, 6) is 2.24. The molecule has 0 aliphatic heterocycles. The van der Waals surface area contributed by atoms with Gasteiger partial charge in [0.25, 0.3) is 0 Å². The Morgan fingerprint density at radius 2 is 1.91 bits per heavy atom. The van der Waals surface area contributed by atoms with Gasteiger partial charge >= 0.3 is 0 Å². The Hall–Kier alpha value is -0.530. The number of aliphatic imine (C=N–C) groups is 1. The zero-order valence-corrected chi connectivity index (χ0v) is 17.7. The van der Waals surface area contributed by atoms with Crippen molar-refractivity contribution in [1.82, 2.24) is 16.0 Å². The first-order valence-corrected chi connectivity index (χ1v) is 8.63. The van der Waals surface area contributed by atoms with E-state index in [1.54, 1.807) is 0 Å². The summed E-state index contributed by atoms with van der Waals surface area (Å²) in [5, 5.41) is 9.52. The van der Waals surface area contributed by atoms with Crippen LogP contribution in [0.4, 0.5) is 0 Å². The molecule has 1 rings (SSSR count). The first-order valence-electron chi connectivity index (χ1n) is 8.63. The molecule has 0 aromatic heterocycles. The molecule has 0 aromatic carbocycles. The zero-order valence-electron chi connectivity index (χ0n) is 15.4. The van der Waals surface area contributed by atoms with E-state index in [9.17, 15) is 4.79 Å². The third-order valence-electron chi connectivity index (χ3n) is 3.84. The van der Waals surface area contributed by atoms with Crippen LogP contribution in [0.5, 0.6) is 0 Å². The maximum Gasteiger partial charge on any atom is 0.242 e. The van der Waals surface area contributed by atoms with Gasteiger partial charge in [-0.2, -0.15) is 0 Å². The molecule has 1 aliphatic rings. The van der Waals surface area contributed by atoms with E-state index in [2.05, 4.69) is 27.9 Å². The predicted octanol–water partition coefficient (Wildman–Crippen LogP) is 2.90. The summed E-state index contributed by atoms with van der Waals surface area (Å²) < 4.78 is 0. The van der Waals surface area contributed by atoms with E-state index in [1.165, 1.54) is 25.7 Å². The molecule has 0 saturated heterocycles. The van der Waals surface area contributed by atoms with Crippen molar-refractivity contribution in [2.24, 2.45) is 16.8 Å². The summed E-state index contributed by atoms with van der Waals surface area (Å²) in [6.45, 7) is 12.2. The van der Waals surface area contributed by atoms with Crippen molar-refractivity contribution in [1.29, 1.82) is 0 Å². The van der Waals surface area contributed by atoms with Crippen LogP contribution in [-0.4, -0.2) is 37.0 Å². The van der Waals surface area contributed by atoms with E-state index < -0.39 is 0 Å². The Kier molecular flexibility index (Phi) is 10.8. The number of carbonyl (C=O) groups excluding carboxylic acids is 1. The SMILES string of the molecule is CCNC(=NCC(=O)NC(C)(C)C)NCC1CCCC(C)C1.I. The van der Waals surface area contributed by atoms with Gasteiger partial charge in [0, 0.05) is 18.6 Å². The molecule has 2 unspecified atom stereocenters. The molecule has 0 heterocycles. The molecule has 0 radical (unpaired) electrons. The summed E-state index contributed by atoms with van der Waals surface area (Å²) >= 11 is 0. The smallest absolute Gasteiger partial charge is 0.242 e. The Labute approximate surface area is 158 Å². The van der Waals surface area contributed by atoms with E-state index in [0.29, 0.717) is 0 Å². The normalized spacial score (nSPS) is 22.0. The highest BCUT2D eigenvalue weighted by molar-refractivity contribution is 14.0. The predicted molar refractivity (Wildman–Crippen MR) is 108 cm³/mol. The van der Waals surface area contributed by atoms with Gasteiger partial charge in [-0.1, -0.05) is 19.8 Å².